The van der Waals surface area contributed by atoms with Crippen LogP contribution in [-0.2, 0) is 27.1 Å². The second kappa shape index (κ2) is 6.63. The Balaban J connectivity index is 1.98. The third-order valence-electron chi connectivity index (χ3n) is 4.99. The standard InChI is InChI=1S/C20H22N6O2/c1-13-12-14(2)26(22-13)19-21-17-16(18(27)24(4)20(28)23(17)3)25(19)11-10-15-8-6-5-7-9-15/h5-9,12H,10-11H2,1-4H3. The van der Waals surface area contributed by atoms with Crippen molar-refractivity contribution in [3.8, 4) is 5.95 Å². The predicted molar refractivity (Wildman–Crippen MR) is 107 cm³/mol. The van der Waals surface area contributed by atoms with Gasteiger partial charge in [0.15, 0.2) is 11.2 Å². The summed E-state index contributed by atoms with van der Waals surface area (Å²) in [5, 5.41) is 4.53. The summed E-state index contributed by atoms with van der Waals surface area (Å²) in [5.41, 5.74) is 2.95. The molecule has 0 unspecified atom stereocenters. The maximum Gasteiger partial charge on any atom is 0.332 e. The second-order valence-electron chi connectivity index (χ2n) is 7.02. The van der Waals surface area contributed by atoms with Crippen LogP contribution in [0.4, 0.5) is 0 Å². The lowest BCUT2D eigenvalue weighted by atomic mass is 10.1. The molecular weight excluding hydrogens is 356 g/mol. The van der Waals surface area contributed by atoms with Crippen LogP contribution in [-0.4, -0.2) is 28.5 Å². The van der Waals surface area contributed by atoms with E-state index in [2.05, 4.69) is 22.2 Å². The van der Waals surface area contributed by atoms with Crippen molar-refractivity contribution in [1.29, 1.82) is 0 Å². The summed E-state index contributed by atoms with van der Waals surface area (Å²) >= 11 is 0. The first kappa shape index (κ1) is 18.0. The van der Waals surface area contributed by atoms with E-state index in [0.717, 1.165) is 27.9 Å². The Hall–Kier alpha value is -3.42. The minimum atomic E-state index is -0.398. The van der Waals surface area contributed by atoms with Crippen LogP contribution in [0.1, 0.15) is 17.0 Å². The Labute approximate surface area is 161 Å². The van der Waals surface area contributed by atoms with Crippen molar-refractivity contribution in [2.45, 2.75) is 26.8 Å². The molecule has 28 heavy (non-hydrogen) atoms. The fourth-order valence-electron chi connectivity index (χ4n) is 3.53. The number of aromatic nitrogens is 6. The number of hydrogen-bond acceptors (Lipinski definition) is 4. The van der Waals surface area contributed by atoms with Gasteiger partial charge in [-0.15, -0.1) is 0 Å². The number of fused-ring (bicyclic) bond motifs is 1. The first-order chi connectivity index (χ1) is 13.4. The molecule has 0 aliphatic carbocycles. The van der Waals surface area contributed by atoms with E-state index in [0.29, 0.717) is 23.7 Å². The van der Waals surface area contributed by atoms with E-state index in [9.17, 15) is 9.59 Å². The zero-order chi connectivity index (χ0) is 20.0. The SMILES string of the molecule is Cc1cc(C)n(-c2nc3c(c(=O)n(C)c(=O)n3C)n2CCc2ccccc2)n1. The van der Waals surface area contributed by atoms with Gasteiger partial charge < -0.3 is 4.57 Å². The highest BCUT2D eigenvalue weighted by Gasteiger charge is 2.21. The molecule has 4 aromatic rings. The molecule has 0 aliphatic heterocycles. The molecular formula is C20H22N6O2. The van der Waals surface area contributed by atoms with Crippen molar-refractivity contribution in [3.05, 3.63) is 74.2 Å². The molecule has 0 aliphatic rings. The monoisotopic (exact) mass is 378 g/mol. The van der Waals surface area contributed by atoms with E-state index in [1.165, 1.54) is 11.6 Å². The molecule has 0 radical (unpaired) electrons. The quantitative estimate of drug-likeness (QED) is 0.539. The molecule has 0 N–H and O–H groups in total. The van der Waals surface area contributed by atoms with Gasteiger partial charge in [-0.1, -0.05) is 30.3 Å². The molecule has 8 heteroatoms. The molecule has 3 heterocycles. The summed E-state index contributed by atoms with van der Waals surface area (Å²) < 4.78 is 6.12. The first-order valence-electron chi connectivity index (χ1n) is 9.12. The number of benzene rings is 1. The van der Waals surface area contributed by atoms with Gasteiger partial charge in [-0.3, -0.25) is 13.9 Å². The van der Waals surface area contributed by atoms with Crippen molar-refractivity contribution in [2.24, 2.45) is 14.1 Å². The van der Waals surface area contributed by atoms with Crippen LogP contribution in [0.15, 0.2) is 46.0 Å². The zero-order valence-corrected chi connectivity index (χ0v) is 16.4. The van der Waals surface area contributed by atoms with Crippen LogP contribution in [0.25, 0.3) is 17.1 Å². The van der Waals surface area contributed by atoms with Gasteiger partial charge in [0, 0.05) is 26.3 Å². The molecule has 4 rings (SSSR count). The smallest absolute Gasteiger partial charge is 0.302 e. The van der Waals surface area contributed by atoms with Gasteiger partial charge in [0.25, 0.3) is 5.56 Å². The molecule has 0 saturated carbocycles. The van der Waals surface area contributed by atoms with E-state index in [-0.39, 0.29) is 5.56 Å². The Kier molecular flexibility index (Phi) is 4.26. The average molecular weight is 378 g/mol. The molecule has 0 atom stereocenters. The van der Waals surface area contributed by atoms with Crippen molar-refractivity contribution in [1.82, 2.24) is 28.5 Å². The van der Waals surface area contributed by atoms with E-state index in [4.69, 9.17) is 0 Å². The van der Waals surface area contributed by atoms with Gasteiger partial charge in [-0.05, 0) is 31.9 Å². The van der Waals surface area contributed by atoms with Crippen LogP contribution in [0.5, 0.6) is 0 Å². The number of rotatable bonds is 4. The van der Waals surface area contributed by atoms with Gasteiger partial charge in [-0.25, -0.2) is 9.48 Å². The number of nitrogens with zero attached hydrogens (tertiary/aromatic N) is 6. The van der Waals surface area contributed by atoms with Crippen molar-refractivity contribution in [3.63, 3.8) is 0 Å². The van der Waals surface area contributed by atoms with Gasteiger partial charge in [0.05, 0.1) is 5.69 Å². The molecule has 3 aromatic heterocycles. The Morgan fingerprint density at radius 1 is 1.00 bits per heavy atom. The molecule has 0 amide bonds. The number of aryl methyl sites for hydroxylation is 5. The van der Waals surface area contributed by atoms with Crippen molar-refractivity contribution >= 4 is 11.2 Å². The third kappa shape index (κ3) is 2.77. The van der Waals surface area contributed by atoms with Crippen LogP contribution >= 0.6 is 0 Å². The lowest BCUT2D eigenvalue weighted by Crippen LogP contribution is -2.37. The van der Waals surface area contributed by atoms with E-state index >= 15 is 0 Å². The molecule has 0 saturated heterocycles. The summed E-state index contributed by atoms with van der Waals surface area (Å²) in [6.45, 7) is 4.40. The molecule has 1 aromatic carbocycles. The van der Waals surface area contributed by atoms with E-state index in [1.54, 1.807) is 11.7 Å². The first-order valence-corrected chi connectivity index (χ1v) is 9.12. The Bertz CT molecular complexity index is 1290. The molecule has 0 bridgehead atoms. The van der Waals surface area contributed by atoms with Gasteiger partial charge >= 0.3 is 5.69 Å². The van der Waals surface area contributed by atoms with Crippen LogP contribution < -0.4 is 11.2 Å². The van der Waals surface area contributed by atoms with Crippen LogP contribution in [0, 0.1) is 13.8 Å². The van der Waals surface area contributed by atoms with Gasteiger partial charge in [0.2, 0.25) is 5.95 Å². The summed E-state index contributed by atoms with van der Waals surface area (Å²) in [6.07, 6.45) is 0.727. The molecule has 144 valence electrons. The fraction of sp³-hybridized carbons (Fsp3) is 0.300. The summed E-state index contributed by atoms with van der Waals surface area (Å²) in [7, 11) is 3.12. The zero-order valence-electron chi connectivity index (χ0n) is 16.4. The van der Waals surface area contributed by atoms with E-state index in [1.807, 2.05) is 42.7 Å². The van der Waals surface area contributed by atoms with E-state index < -0.39 is 5.69 Å². The predicted octanol–water partition coefficient (Wildman–Crippen LogP) is 1.48. The lowest BCUT2D eigenvalue weighted by molar-refractivity contribution is 0.648. The lowest BCUT2D eigenvalue weighted by Gasteiger charge is -2.10. The minimum Gasteiger partial charge on any atom is -0.302 e. The Morgan fingerprint density at radius 3 is 2.36 bits per heavy atom. The highest BCUT2D eigenvalue weighted by Crippen LogP contribution is 2.18. The van der Waals surface area contributed by atoms with Gasteiger partial charge in [-0.2, -0.15) is 10.1 Å². The third-order valence-corrected chi connectivity index (χ3v) is 4.99. The highest BCUT2D eigenvalue weighted by atomic mass is 16.2. The average Bonchev–Trinajstić information content (AvgIpc) is 3.23. The normalized spacial score (nSPS) is 11.4. The summed E-state index contributed by atoms with van der Waals surface area (Å²) in [6, 6.07) is 12.0. The minimum absolute atomic E-state index is 0.355. The highest BCUT2D eigenvalue weighted by molar-refractivity contribution is 5.72. The van der Waals surface area contributed by atoms with Crippen LogP contribution in [0.2, 0.25) is 0 Å². The maximum absolute atomic E-state index is 12.9. The second-order valence-corrected chi connectivity index (χ2v) is 7.02. The largest absolute Gasteiger partial charge is 0.332 e. The fourth-order valence-corrected chi connectivity index (χ4v) is 3.53. The molecule has 0 fully saturated rings. The summed E-state index contributed by atoms with van der Waals surface area (Å²) in [4.78, 5) is 29.9. The summed E-state index contributed by atoms with van der Waals surface area (Å²) in [5.74, 6) is 0.537. The van der Waals surface area contributed by atoms with Crippen LogP contribution in [0.3, 0.4) is 0 Å². The topological polar surface area (TPSA) is 79.6 Å². The Morgan fingerprint density at radius 2 is 1.71 bits per heavy atom. The van der Waals surface area contributed by atoms with Crippen molar-refractivity contribution in [2.75, 3.05) is 0 Å². The number of imidazole rings is 1. The van der Waals surface area contributed by atoms with Gasteiger partial charge in [0.1, 0.15) is 0 Å². The maximum atomic E-state index is 12.9. The number of hydrogen-bond donors (Lipinski definition) is 0. The molecule has 0 spiro atoms. The molecule has 8 nitrogen and oxygen atoms in total. The van der Waals surface area contributed by atoms with Crippen molar-refractivity contribution < 1.29 is 0 Å².